The van der Waals surface area contributed by atoms with E-state index in [1.165, 1.54) is 6.07 Å². The molecule has 0 unspecified atom stereocenters. The van der Waals surface area contributed by atoms with Crippen LogP contribution >= 0.6 is 22.6 Å². The van der Waals surface area contributed by atoms with Crippen LogP contribution in [0.15, 0.2) is 23.2 Å². The van der Waals surface area contributed by atoms with Gasteiger partial charge in [-0.25, -0.2) is 9.38 Å². The molecule has 0 aliphatic carbocycles. The molecule has 3 nitrogen and oxygen atoms in total. The van der Waals surface area contributed by atoms with Crippen LogP contribution in [0.4, 0.5) is 4.39 Å². The molecule has 0 spiro atoms. The molecule has 1 aromatic rings. The van der Waals surface area contributed by atoms with Crippen molar-refractivity contribution in [3.8, 4) is 0 Å². The second-order valence-electron chi connectivity index (χ2n) is 2.49. The zero-order valence-corrected chi connectivity index (χ0v) is 8.95. The summed E-state index contributed by atoms with van der Waals surface area (Å²) in [6.45, 7) is 0.316. The highest BCUT2D eigenvalue weighted by molar-refractivity contribution is 14.1. The van der Waals surface area contributed by atoms with Crippen LogP contribution < -0.4 is 11.5 Å². The predicted molar refractivity (Wildman–Crippen MR) is 58.6 cm³/mol. The minimum atomic E-state index is -0.246. The number of aliphatic imine (C=N–C) groups is 1. The van der Waals surface area contributed by atoms with Gasteiger partial charge in [0, 0.05) is 3.57 Å². The van der Waals surface area contributed by atoms with Crippen LogP contribution in [-0.4, -0.2) is 5.96 Å². The molecular weight excluding hydrogens is 284 g/mol. The van der Waals surface area contributed by atoms with Gasteiger partial charge in [-0.05, 0) is 40.3 Å². The number of guanidine groups is 1. The Balaban J connectivity index is 2.80. The second kappa shape index (κ2) is 4.40. The molecule has 0 radical (unpaired) electrons. The highest BCUT2D eigenvalue weighted by Gasteiger charge is 1.99. The molecule has 0 fully saturated rings. The van der Waals surface area contributed by atoms with E-state index in [0.29, 0.717) is 10.1 Å². The standard InChI is InChI=1S/C8H9FIN3/c9-6-3-5(1-2-7(6)10)4-13-8(11)12/h1-3H,4H2,(H4,11,12,13). The number of hydrogen-bond acceptors (Lipinski definition) is 1. The van der Waals surface area contributed by atoms with E-state index in [9.17, 15) is 4.39 Å². The molecule has 0 aliphatic heterocycles. The summed E-state index contributed by atoms with van der Waals surface area (Å²) < 4.78 is 13.6. The van der Waals surface area contributed by atoms with Crippen molar-refractivity contribution in [2.45, 2.75) is 6.54 Å². The SMILES string of the molecule is NC(N)=NCc1ccc(I)c(F)c1. The van der Waals surface area contributed by atoms with Crippen molar-refractivity contribution >= 4 is 28.6 Å². The summed E-state index contributed by atoms with van der Waals surface area (Å²) in [5.41, 5.74) is 11.0. The monoisotopic (exact) mass is 293 g/mol. The maximum Gasteiger partial charge on any atom is 0.186 e. The van der Waals surface area contributed by atoms with Crippen molar-refractivity contribution in [3.05, 3.63) is 33.1 Å². The number of halogens is 2. The van der Waals surface area contributed by atoms with Crippen molar-refractivity contribution in [1.82, 2.24) is 0 Å². The molecule has 13 heavy (non-hydrogen) atoms. The molecule has 70 valence electrons. The van der Waals surface area contributed by atoms with Crippen LogP contribution in [0.1, 0.15) is 5.56 Å². The third-order valence-electron chi connectivity index (χ3n) is 1.43. The lowest BCUT2D eigenvalue weighted by atomic mass is 10.2. The lowest BCUT2D eigenvalue weighted by Gasteiger charge is -1.99. The lowest BCUT2D eigenvalue weighted by Crippen LogP contribution is -2.22. The van der Waals surface area contributed by atoms with Gasteiger partial charge in [0.1, 0.15) is 5.82 Å². The van der Waals surface area contributed by atoms with Gasteiger partial charge >= 0.3 is 0 Å². The molecule has 0 saturated heterocycles. The molecule has 0 atom stereocenters. The normalized spacial score (nSPS) is 9.69. The van der Waals surface area contributed by atoms with Gasteiger partial charge in [-0.1, -0.05) is 6.07 Å². The fraction of sp³-hybridized carbons (Fsp3) is 0.125. The Morgan fingerprint density at radius 2 is 2.15 bits per heavy atom. The molecule has 0 saturated carbocycles. The highest BCUT2D eigenvalue weighted by Crippen LogP contribution is 2.12. The van der Waals surface area contributed by atoms with Gasteiger partial charge in [-0.2, -0.15) is 0 Å². The Hall–Kier alpha value is -0.850. The maximum absolute atomic E-state index is 13.0. The quantitative estimate of drug-likeness (QED) is 0.489. The Labute approximate surface area is 89.2 Å². The highest BCUT2D eigenvalue weighted by atomic mass is 127. The first-order valence-electron chi connectivity index (χ1n) is 3.59. The van der Waals surface area contributed by atoms with Crippen molar-refractivity contribution < 1.29 is 4.39 Å². The smallest absolute Gasteiger partial charge is 0.186 e. The van der Waals surface area contributed by atoms with E-state index in [4.69, 9.17) is 11.5 Å². The average molecular weight is 293 g/mol. The molecule has 0 bridgehead atoms. The van der Waals surface area contributed by atoms with E-state index in [2.05, 4.69) is 4.99 Å². The van der Waals surface area contributed by atoms with Crippen LogP contribution in [-0.2, 0) is 6.54 Å². The summed E-state index contributed by atoms with van der Waals surface area (Å²) >= 11 is 1.92. The number of rotatable bonds is 2. The van der Waals surface area contributed by atoms with Crippen molar-refractivity contribution in [2.24, 2.45) is 16.5 Å². The van der Waals surface area contributed by atoms with Crippen LogP contribution in [0.5, 0.6) is 0 Å². The molecule has 5 heteroatoms. The summed E-state index contributed by atoms with van der Waals surface area (Å²) in [7, 11) is 0. The number of benzene rings is 1. The molecule has 0 aliphatic rings. The largest absolute Gasteiger partial charge is 0.370 e. The first kappa shape index (κ1) is 10.2. The van der Waals surface area contributed by atoms with Crippen LogP contribution in [0, 0.1) is 9.39 Å². The molecule has 1 aromatic carbocycles. The molecular formula is C8H9FIN3. The molecule has 4 N–H and O–H groups in total. The fourth-order valence-electron chi connectivity index (χ4n) is 0.821. The van der Waals surface area contributed by atoms with E-state index >= 15 is 0 Å². The molecule has 0 heterocycles. The third kappa shape index (κ3) is 3.17. The Morgan fingerprint density at radius 3 is 2.69 bits per heavy atom. The topological polar surface area (TPSA) is 64.4 Å². The Bertz CT molecular complexity index is 334. The van der Waals surface area contributed by atoms with Gasteiger partial charge in [0.25, 0.3) is 0 Å². The fourth-order valence-corrected chi connectivity index (χ4v) is 1.16. The number of hydrogen-bond donors (Lipinski definition) is 2. The first-order valence-corrected chi connectivity index (χ1v) is 4.67. The van der Waals surface area contributed by atoms with Crippen molar-refractivity contribution in [3.63, 3.8) is 0 Å². The maximum atomic E-state index is 13.0. The summed E-state index contributed by atoms with van der Waals surface area (Å²) in [4.78, 5) is 3.77. The van der Waals surface area contributed by atoms with E-state index in [0.717, 1.165) is 5.56 Å². The van der Waals surface area contributed by atoms with E-state index < -0.39 is 0 Å². The zero-order chi connectivity index (χ0) is 9.84. The second-order valence-corrected chi connectivity index (χ2v) is 3.65. The molecule has 0 aromatic heterocycles. The Morgan fingerprint density at radius 1 is 1.46 bits per heavy atom. The van der Waals surface area contributed by atoms with Gasteiger partial charge in [-0.3, -0.25) is 0 Å². The Kier molecular flexibility index (Phi) is 3.47. The zero-order valence-electron chi connectivity index (χ0n) is 6.80. The van der Waals surface area contributed by atoms with Crippen LogP contribution in [0.3, 0.4) is 0 Å². The summed E-state index contributed by atoms with van der Waals surface area (Å²) in [6.07, 6.45) is 0. The third-order valence-corrected chi connectivity index (χ3v) is 2.30. The van der Waals surface area contributed by atoms with Gasteiger partial charge in [0.15, 0.2) is 5.96 Å². The number of nitrogens with zero attached hydrogens (tertiary/aromatic N) is 1. The minimum absolute atomic E-state index is 0.0129. The van der Waals surface area contributed by atoms with Crippen LogP contribution in [0.25, 0.3) is 0 Å². The summed E-state index contributed by atoms with van der Waals surface area (Å²) in [5.74, 6) is -0.233. The van der Waals surface area contributed by atoms with E-state index in [1.54, 1.807) is 12.1 Å². The minimum Gasteiger partial charge on any atom is -0.370 e. The molecule has 1 rings (SSSR count). The van der Waals surface area contributed by atoms with Gasteiger partial charge in [0.2, 0.25) is 0 Å². The van der Waals surface area contributed by atoms with Crippen molar-refractivity contribution in [1.29, 1.82) is 0 Å². The van der Waals surface area contributed by atoms with E-state index in [1.807, 2.05) is 22.6 Å². The summed E-state index contributed by atoms with van der Waals surface area (Å²) in [5, 5.41) is 0. The first-order chi connectivity index (χ1) is 6.09. The average Bonchev–Trinajstić information content (AvgIpc) is 2.07. The molecule has 0 amide bonds. The number of nitrogens with two attached hydrogens (primary N) is 2. The summed E-state index contributed by atoms with van der Waals surface area (Å²) in [6, 6.07) is 4.90. The van der Waals surface area contributed by atoms with Crippen molar-refractivity contribution in [2.75, 3.05) is 0 Å². The van der Waals surface area contributed by atoms with Gasteiger partial charge in [0.05, 0.1) is 6.54 Å². The lowest BCUT2D eigenvalue weighted by molar-refractivity contribution is 0.618. The van der Waals surface area contributed by atoms with Gasteiger partial charge < -0.3 is 11.5 Å². The van der Waals surface area contributed by atoms with E-state index in [-0.39, 0.29) is 11.8 Å². The predicted octanol–water partition coefficient (Wildman–Crippen LogP) is 1.20. The van der Waals surface area contributed by atoms with Crippen LogP contribution in [0.2, 0.25) is 0 Å². The van der Waals surface area contributed by atoms with Gasteiger partial charge in [-0.15, -0.1) is 0 Å².